The molecule has 2 aromatic rings. The van der Waals surface area contributed by atoms with E-state index in [1.54, 1.807) is 14.1 Å². The van der Waals surface area contributed by atoms with E-state index in [-0.39, 0.29) is 5.91 Å². The molecule has 0 saturated carbocycles. The minimum atomic E-state index is -0.108. The molecule has 4 heteroatoms. The number of aromatic amines is 1. The van der Waals surface area contributed by atoms with Crippen molar-refractivity contribution in [1.82, 2.24) is 14.9 Å². The molecule has 0 aliphatic heterocycles. The fraction of sp³-hybridized carbons (Fsp3) is 0.273. The van der Waals surface area contributed by atoms with Crippen LogP contribution in [0, 0.1) is 6.92 Å². The molecule has 0 spiro atoms. The molecule has 78 valence electrons. The number of aromatic nitrogens is 2. The third-order valence-corrected chi connectivity index (χ3v) is 2.25. The molecule has 0 aliphatic carbocycles. The summed E-state index contributed by atoms with van der Waals surface area (Å²) in [6.07, 6.45) is 0. The van der Waals surface area contributed by atoms with Gasteiger partial charge in [0.2, 0.25) is 0 Å². The number of imidazole rings is 1. The molecule has 1 aromatic carbocycles. The van der Waals surface area contributed by atoms with Gasteiger partial charge in [0.05, 0.1) is 11.0 Å². The van der Waals surface area contributed by atoms with Gasteiger partial charge in [0.15, 0.2) is 5.82 Å². The van der Waals surface area contributed by atoms with E-state index in [2.05, 4.69) is 9.97 Å². The standard InChI is InChI=1S/C11H13N3O/c1-7-4-5-8-9(6-7)13-10(12-8)11(15)14(2)3/h4-6H,1-3H3,(H,12,13). The normalized spacial score (nSPS) is 10.6. The molecule has 0 atom stereocenters. The fourth-order valence-electron chi connectivity index (χ4n) is 1.44. The number of hydrogen-bond donors (Lipinski definition) is 1. The van der Waals surface area contributed by atoms with Crippen molar-refractivity contribution in [3.05, 3.63) is 29.6 Å². The Balaban J connectivity index is 2.52. The highest BCUT2D eigenvalue weighted by Crippen LogP contribution is 2.13. The number of hydrogen-bond acceptors (Lipinski definition) is 2. The maximum absolute atomic E-state index is 11.6. The van der Waals surface area contributed by atoms with Gasteiger partial charge in [-0.05, 0) is 24.6 Å². The van der Waals surface area contributed by atoms with Crippen molar-refractivity contribution in [3.63, 3.8) is 0 Å². The SMILES string of the molecule is Cc1ccc2nc(C(=O)N(C)C)[nH]c2c1. The summed E-state index contributed by atoms with van der Waals surface area (Å²) >= 11 is 0. The predicted molar refractivity (Wildman–Crippen MR) is 58.8 cm³/mol. The van der Waals surface area contributed by atoms with E-state index in [1.807, 2.05) is 25.1 Å². The number of fused-ring (bicyclic) bond motifs is 1. The van der Waals surface area contributed by atoms with Crippen LogP contribution >= 0.6 is 0 Å². The third kappa shape index (κ3) is 1.70. The maximum Gasteiger partial charge on any atom is 0.289 e. The van der Waals surface area contributed by atoms with Gasteiger partial charge in [0.1, 0.15) is 0 Å². The molecule has 0 bridgehead atoms. The number of rotatable bonds is 1. The highest BCUT2D eigenvalue weighted by molar-refractivity contribution is 5.93. The zero-order valence-corrected chi connectivity index (χ0v) is 9.03. The second kappa shape index (κ2) is 3.38. The van der Waals surface area contributed by atoms with Crippen molar-refractivity contribution < 1.29 is 4.79 Å². The van der Waals surface area contributed by atoms with Crippen LogP contribution in [0.2, 0.25) is 0 Å². The van der Waals surface area contributed by atoms with E-state index >= 15 is 0 Å². The van der Waals surface area contributed by atoms with Gasteiger partial charge in [-0.25, -0.2) is 4.98 Å². The van der Waals surface area contributed by atoms with Gasteiger partial charge in [0.25, 0.3) is 5.91 Å². The minimum absolute atomic E-state index is 0.108. The van der Waals surface area contributed by atoms with Crippen LogP contribution in [0.25, 0.3) is 11.0 Å². The zero-order valence-electron chi connectivity index (χ0n) is 9.03. The minimum Gasteiger partial charge on any atom is -0.342 e. The second-order valence-corrected chi connectivity index (χ2v) is 3.81. The van der Waals surface area contributed by atoms with E-state index < -0.39 is 0 Å². The van der Waals surface area contributed by atoms with Crippen LogP contribution in [0.4, 0.5) is 0 Å². The number of carbonyl (C=O) groups excluding carboxylic acids is 1. The summed E-state index contributed by atoms with van der Waals surface area (Å²) in [4.78, 5) is 20.4. The maximum atomic E-state index is 11.6. The van der Waals surface area contributed by atoms with E-state index in [9.17, 15) is 4.79 Å². The van der Waals surface area contributed by atoms with Gasteiger partial charge in [0, 0.05) is 14.1 Å². The van der Waals surface area contributed by atoms with Crippen molar-refractivity contribution >= 4 is 16.9 Å². The number of carbonyl (C=O) groups is 1. The van der Waals surface area contributed by atoms with Crippen LogP contribution in [0.5, 0.6) is 0 Å². The van der Waals surface area contributed by atoms with E-state index in [0.717, 1.165) is 16.6 Å². The predicted octanol–water partition coefficient (Wildman–Crippen LogP) is 1.57. The summed E-state index contributed by atoms with van der Waals surface area (Å²) in [5.74, 6) is 0.282. The summed E-state index contributed by atoms with van der Waals surface area (Å²) in [6.45, 7) is 2.01. The average Bonchev–Trinajstić information content (AvgIpc) is 2.58. The van der Waals surface area contributed by atoms with Crippen molar-refractivity contribution in [1.29, 1.82) is 0 Å². The Morgan fingerprint density at radius 1 is 1.40 bits per heavy atom. The van der Waals surface area contributed by atoms with Crippen molar-refractivity contribution in [2.45, 2.75) is 6.92 Å². The summed E-state index contributed by atoms with van der Waals surface area (Å²) in [5, 5.41) is 0. The largest absolute Gasteiger partial charge is 0.342 e. The lowest BCUT2D eigenvalue weighted by molar-refractivity contribution is 0.0817. The Morgan fingerprint density at radius 3 is 2.80 bits per heavy atom. The number of benzene rings is 1. The summed E-state index contributed by atoms with van der Waals surface area (Å²) in [7, 11) is 3.42. The molecule has 1 N–H and O–H groups in total. The molecule has 0 unspecified atom stereocenters. The first-order chi connectivity index (χ1) is 7.08. The van der Waals surface area contributed by atoms with Gasteiger partial charge >= 0.3 is 0 Å². The van der Waals surface area contributed by atoms with Crippen LogP contribution in [-0.2, 0) is 0 Å². The first-order valence-corrected chi connectivity index (χ1v) is 4.76. The van der Waals surface area contributed by atoms with E-state index in [1.165, 1.54) is 4.90 Å². The molecule has 1 amide bonds. The summed E-state index contributed by atoms with van der Waals surface area (Å²) in [5.41, 5.74) is 2.88. The van der Waals surface area contributed by atoms with E-state index in [4.69, 9.17) is 0 Å². The monoisotopic (exact) mass is 203 g/mol. The van der Waals surface area contributed by atoms with Crippen LogP contribution in [0.3, 0.4) is 0 Å². The van der Waals surface area contributed by atoms with Gasteiger partial charge in [-0.15, -0.1) is 0 Å². The number of nitrogens with one attached hydrogen (secondary N) is 1. The Kier molecular flexibility index (Phi) is 2.19. The fourth-order valence-corrected chi connectivity index (χ4v) is 1.44. The molecular formula is C11H13N3O. The molecule has 0 fully saturated rings. The van der Waals surface area contributed by atoms with Gasteiger partial charge in [-0.3, -0.25) is 4.79 Å². The molecule has 4 nitrogen and oxygen atoms in total. The van der Waals surface area contributed by atoms with Gasteiger partial charge < -0.3 is 9.88 Å². The second-order valence-electron chi connectivity index (χ2n) is 3.81. The molecule has 0 radical (unpaired) electrons. The summed E-state index contributed by atoms with van der Waals surface area (Å²) < 4.78 is 0. The van der Waals surface area contributed by atoms with E-state index in [0.29, 0.717) is 5.82 Å². The highest BCUT2D eigenvalue weighted by atomic mass is 16.2. The smallest absolute Gasteiger partial charge is 0.289 e. The van der Waals surface area contributed by atoms with Crippen molar-refractivity contribution in [3.8, 4) is 0 Å². The first-order valence-electron chi connectivity index (χ1n) is 4.76. The molecule has 2 rings (SSSR count). The van der Waals surface area contributed by atoms with Crippen LogP contribution < -0.4 is 0 Å². The van der Waals surface area contributed by atoms with Gasteiger partial charge in [-0.2, -0.15) is 0 Å². The highest BCUT2D eigenvalue weighted by Gasteiger charge is 2.12. The number of aryl methyl sites for hydroxylation is 1. The lowest BCUT2D eigenvalue weighted by atomic mass is 10.2. The Hall–Kier alpha value is -1.84. The van der Waals surface area contributed by atoms with Gasteiger partial charge in [-0.1, -0.05) is 6.07 Å². The topological polar surface area (TPSA) is 49.0 Å². The van der Waals surface area contributed by atoms with Crippen LogP contribution in [0.1, 0.15) is 16.2 Å². The Bertz CT molecular complexity index is 514. The Morgan fingerprint density at radius 2 is 2.13 bits per heavy atom. The molecule has 0 saturated heterocycles. The first kappa shape index (κ1) is 9.71. The lowest BCUT2D eigenvalue weighted by Crippen LogP contribution is -2.22. The Labute approximate surface area is 87.9 Å². The molecule has 1 aromatic heterocycles. The molecule has 0 aliphatic rings. The summed E-state index contributed by atoms with van der Waals surface area (Å²) in [6, 6.07) is 5.87. The number of H-pyrrole nitrogens is 1. The molecular weight excluding hydrogens is 190 g/mol. The quantitative estimate of drug-likeness (QED) is 0.764. The van der Waals surface area contributed by atoms with Crippen LogP contribution in [-0.4, -0.2) is 34.9 Å². The average molecular weight is 203 g/mol. The molecule has 15 heavy (non-hydrogen) atoms. The van der Waals surface area contributed by atoms with Crippen LogP contribution in [0.15, 0.2) is 18.2 Å². The zero-order chi connectivity index (χ0) is 11.0. The number of nitrogens with zero attached hydrogens (tertiary/aromatic N) is 2. The third-order valence-electron chi connectivity index (χ3n) is 2.25. The van der Waals surface area contributed by atoms with Crippen molar-refractivity contribution in [2.24, 2.45) is 0 Å². The lowest BCUT2D eigenvalue weighted by Gasteiger charge is -2.06. The number of amides is 1. The van der Waals surface area contributed by atoms with Crippen molar-refractivity contribution in [2.75, 3.05) is 14.1 Å². The molecule has 1 heterocycles.